The molecule has 2 rings (SSSR count). The van der Waals surface area contributed by atoms with Crippen molar-refractivity contribution < 1.29 is 9.50 Å². The van der Waals surface area contributed by atoms with Gasteiger partial charge < -0.3 is 15.3 Å². The zero-order valence-corrected chi connectivity index (χ0v) is 12.9. The predicted molar refractivity (Wildman–Crippen MR) is 83.3 cm³/mol. The highest BCUT2D eigenvalue weighted by Crippen LogP contribution is 2.17. The maximum atomic E-state index is 13.0. The first-order chi connectivity index (χ1) is 10.1. The second kappa shape index (κ2) is 7.61. The maximum absolute atomic E-state index is 13.0. The van der Waals surface area contributed by atoms with Crippen LogP contribution in [0.4, 0.5) is 4.39 Å². The molecule has 0 radical (unpaired) electrons. The summed E-state index contributed by atoms with van der Waals surface area (Å²) in [7, 11) is 0. The Balaban J connectivity index is 1.96. The second-order valence-electron chi connectivity index (χ2n) is 5.11. The number of halogens is 2. The van der Waals surface area contributed by atoms with Crippen molar-refractivity contribution in [2.45, 2.75) is 25.9 Å². The van der Waals surface area contributed by atoms with Crippen LogP contribution in [-0.4, -0.2) is 48.2 Å². The Kier molecular flexibility index (Phi) is 5.82. The maximum Gasteiger partial charge on any atom is 0.194 e. The Morgan fingerprint density at radius 3 is 3.00 bits per heavy atom. The first kappa shape index (κ1) is 16.0. The van der Waals surface area contributed by atoms with Crippen molar-refractivity contribution in [2.75, 3.05) is 26.2 Å². The average molecular weight is 314 g/mol. The van der Waals surface area contributed by atoms with Gasteiger partial charge in [-0.05, 0) is 37.5 Å². The normalized spacial score (nSPS) is 19.1. The summed E-state index contributed by atoms with van der Waals surface area (Å²) >= 11 is 6.00. The van der Waals surface area contributed by atoms with Crippen LogP contribution in [0.15, 0.2) is 23.2 Å². The molecule has 1 aliphatic heterocycles. The van der Waals surface area contributed by atoms with Crippen molar-refractivity contribution in [3.63, 3.8) is 0 Å². The minimum Gasteiger partial charge on any atom is -0.391 e. The van der Waals surface area contributed by atoms with Crippen LogP contribution in [0.1, 0.15) is 18.9 Å². The Morgan fingerprint density at radius 2 is 2.38 bits per heavy atom. The van der Waals surface area contributed by atoms with Gasteiger partial charge in [-0.15, -0.1) is 0 Å². The van der Waals surface area contributed by atoms with Crippen LogP contribution < -0.4 is 5.32 Å². The van der Waals surface area contributed by atoms with Gasteiger partial charge in [-0.2, -0.15) is 0 Å². The standard InChI is InChI=1S/C15H21ClFN3O/c1-2-18-15(20-8-6-13(21)10-20)19-7-5-11-3-4-12(17)9-14(11)16/h3-4,9,13,21H,2,5-8,10H2,1H3,(H,18,19)/t13-/m1/s1. The molecule has 1 saturated heterocycles. The predicted octanol–water partition coefficient (Wildman–Crippen LogP) is 2.05. The fourth-order valence-electron chi connectivity index (χ4n) is 2.37. The van der Waals surface area contributed by atoms with Crippen molar-refractivity contribution >= 4 is 17.6 Å². The summed E-state index contributed by atoms with van der Waals surface area (Å²) < 4.78 is 13.0. The van der Waals surface area contributed by atoms with E-state index in [4.69, 9.17) is 11.6 Å². The summed E-state index contributed by atoms with van der Waals surface area (Å²) in [4.78, 5) is 6.61. The minimum absolute atomic E-state index is 0.277. The van der Waals surface area contributed by atoms with Gasteiger partial charge in [-0.25, -0.2) is 4.39 Å². The fraction of sp³-hybridized carbons (Fsp3) is 0.533. The van der Waals surface area contributed by atoms with E-state index in [9.17, 15) is 9.50 Å². The minimum atomic E-state index is -0.327. The van der Waals surface area contributed by atoms with Gasteiger partial charge in [0, 0.05) is 31.2 Å². The van der Waals surface area contributed by atoms with Gasteiger partial charge in [0.2, 0.25) is 0 Å². The monoisotopic (exact) mass is 313 g/mol. The Hall–Kier alpha value is -1.33. The number of likely N-dealkylation sites (tertiary alicyclic amines) is 1. The molecule has 2 N–H and O–H groups in total. The number of hydrogen-bond acceptors (Lipinski definition) is 2. The largest absolute Gasteiger partial charge is 0.391 e. The highest BCUT2D eigenvalue weighted by atomic mass is 35.5. The number of rotatable bonds is 4. The molecule has 1 aliphatic rings. The molecular formula is C15H21ClFN3O. The summed E-state index contributed by atoms with van der Waals surface area (Å²) in [6.45, 7) is 4.79. The molecule has 1 atom stereocenters. The van der Waals surface area contributed by atoms with Crippen molar-refractivity contribution in [2.24, 2.45) is 4.99 Å². The Labute approximate surface area is 129 Å². The SMILES string of the molecule is CCNC(=NCCc1ccc(F)cc1Cl)N1CC[C@@H](O)C1. The molecule has 116 valence electrons. The van der Waals surface area contributed by atoms with Gasteiger partial charge in [0.15, 0.2) is 5.96 Å². The van der Waals surface area contributed by atoms with Crippen LogP contribution in [0.2, 0.25) is 5.02 Å². The average Bonchev–Trinajstić information content (AvgIpc) is 2.86. The highest BCUT2D eigenvalue weighted by molar-refractivity contribution is 6.31. The molecule has 0 aliphatic carbocycles. The van der Waals surface area contributed by atoms with Crippen LogP contribution in [0.5, 0.6) is 0 Å². The smallest absolute Gasteiger partial charge is 0.194 e. The third-order valence-electron chi connectivity index (χ3n) is 3.46. The lowest BCUT2D eigenvalue weighted by Crippen LogP contribution is -2.40. The van der Waals surface area contributed by atoms with Gasteiger partial charge in [0.1, 0.15) is 5.82 Å². The lowest BCUT2D eigenvalue weighted by Gasteiger charge is -2.20. The van der Waals surface area contributed by atoms with Crippen molar-refractivity contribution in [1.29, 1.82) is 0 Å². The number of aliphatic hydroxyl groups is 1. The van der Waals surface area contributed by atoms with Crippen LogP contribution in [0, 0.1) is 5.82 Å². The van der Waals surface area contributed by atoms with E-state index in [0.29, 0.717) is 24.5 Å². The third kappa shape index (κ3) is 4.58. The Bertz CT molecular complexity index is 510. The quantitative estimate of drug-likeness (QED) is 0.661. The van der Waals surface area contributed by atoms with Gasteiger partial charge in [-0.3, -0.25) is 4.99 Å². The van der Waals surface area contributed by atoms with Gasteiger partial charge in [-0.1, -0.05) is 17.7 Å². The molecule has 0 unspecified atom stereocenters. The van der Waals surface area contributed by atoms with E-state index in [2.05, 4.69) is 15.2 Å². The van der Waals surface area contributed by atoms with Gasteiger partial charge in [0.25, 0.3) is 0 Å². The molecule has 21 heavy (non-hydrogen) atoms. The molecule has 4 nitrogen and oxygen atoms in total. The Morgan fingerprint density at radius 1 is 1.57 bits per heavy atom. The number of hydrogen-bond donors (Lipinski definition) is 2. The summed E-state index contributed by atoms with van der Waals surface area (Å²) in [6, 6.07) is 4.43. The molecule has 6 heteroatoms. The van der Waals surface area contributed by atoms with Crippen LogP contribution >= 0.6 is 11.6 Å². The van der Waals surface area contributed by atoms with Crippen LogP contribution in [0.3, 0.4) is 0 Å². The van der Waals surface area contributed by atoms with E-state index in [1.54, 1.807) is 6.07 Å². The zero-order valence-electron chi connectivity index (χ0n) is 12.1. The van der Waals surface area contributed by atoms with Crippen molar-refractivity contribution in [3.05, 3.63) is 34.6 Å². The second-order valence-corrected chi connectivity index (χ2v) is 5.52. The topological polar surface area (TPSA) is 47.9 Å². The molecule has 0 spiro atoms. The molecule has 0 bridgehead atoms. The molecule has 0 saturated carbocycles. The van der Waals surface area contributed by atoms with E-state index in [1.807, 2.05) is 6.92 Å². The molecule has 1 fully saturated rings. The number of benzene rings is 1. The number of aliphatic hydroxyl groups excluding tert-OH is 1. The lowest BCUT2D eigenvalue weighted by atomic mass is 10.1. The number of guanidine groups is 1. The molecule has 1 aromatic rings. The van der Waals surface area contributed by atoms with Crippen LogP contribution in [0.25, 0.3) is 0 Å². The van der Waals surface area contributed by atoms with E-state index in [-0.39, 0.29) is 11.9 Å². The molecule has 0 amide bonds. The van der Waals surface area contributed by atoms with E-state index >= 15 is 0 Å². The number of β-amino-alcohol motifs (C(OH)–C–C–N with tert-alkyl or cyclic N) is 1. The van der Waals surface area contributed by atoms with Crippen molar-refractivity contribution in [3.8, 4) is 0 Å². The lowest BCUT2D eigenvalue weighted by molar-refractivity contribution is 0.188. The number of aliphatic imine (C=N–C) groups is 1. The third-order valence-corrected chi connectivity index (χ3v) is 3.81. The summed E-state index contributed by atoms with van der Waals surface area (Å²) in [5.74, 6) is 0.485. The fourth-order valence-corrected chi connectivity index (χ4v) is 2.63. The zero-order chi connectivity index (χ0) is 15.2. The van der Waals surface area contributed by atoms with E-state index in [1.165, 1.54) is 12.1 Å². The van der Waals surface area contributed by atoms with Crippen molar-refractivity contribution in [1.82, 2.24) is 10.2 Å². The summed E-state index contributed by atoms with van der Waals surface area (Å²) in [6.07, 6.45) is 1.15. The molecule has 0 aromatic heterocycles. The van der Waals surface area contributed by atoms with Gasteiger partial charge >= 0.3 is 0 Å². The summed E-state index contributed by atoms with van der Waals surface area (Å²) in [5, 5.41) is 13.3. The van der Waals surface area contributed by atoms with E-state index < -0.39 is 0 Å². The number of nitrogens with one attached hydrogen (secondary N) is 1. The summed E-state index contributed by atoms with van der Waals surface area (Å²) in [5.41, 5.74) is 0.888. The van der Waals surface area contributed by atoms with Crippen LogP contribution in [-0.2, 0) is 6.42 Å². The molecule has 1 aromatic carbocycles. The van der Waals surface area contributed by atoms with Gasteiger partial charge in [0.05, 0.1) is 6.10 Å². The molecule has 1 heterocycles. The molecular weight excluding hydrogens is 293 g/mol. The highest BCUT2D eigenvalue weighted by Gasteiger charge is 2.22. The first-order valence-electron chi connectivity index (χ1n) is 7.25. The number of nitrogens with zero attached hydrogens (tertiary/aromatic N) is 2. The first-order valence-corrected chi connectivity index (χ1v) is 7.63. The van der Waals surface area contributed by atoms with E-state index in [0.717, 1.165) is 31.0 Å².